The molecule has 0 spiro atoms. The van der Waals surface area contributed by atoms with Crippen molar-refractivity contribution in [2.45, 2.75) is 32.8 Å². The Hall–Kier alpha value is -1.60. The number of urea groups is 1. The highest BCUT2D eigenvalue weighted by Crippen LogP contribution is 2.50. The smallest absolute Gasteiger partial charge is 0.319 e. The Labute approximate surface area is 144 Å². The van der Waals surface area contributed by atoms with Crippen molar-refractivity contribution < 1.29 is 14.1 Å². The van der Waals surface area contributed by atoms with Gasteiger partial charge in [-0.1, -0.05) is 13.8 Å². The van der Waals surface area contributed by atoms with Crippen LogP contribution in [0, 0.1) is 11.3 Å². The highest BCUT2D eigenvalue weighted by molar-refractivity contribution is 7.92. The Morgan fingerprint density at radius 2 is 1.88 bits per heavy atom. The highest BCUT2D eigenvalue weighted by atomic mass is 32.2. The molecule has 1 aromatic carbocycles. The van der Waals surface area contributed by atoms with Gasteiger partial charge in [-0.2, -0.15) is 4.36 Å². The molecule has 1 unspecified atom stereocenters. The van der Waals surface area contributed by atoms with Crippen LogP contribution in [0.15, 0.2) is 28.6 Å². The molecule has 7 heteroatoms. The molecule has 1 fully saturated rings. The van der Waals surface area contributed by atoms with Crippen LogP contribution in [0.1, 0.15) is 26.7 Å². The molecular weight excluding hydrogens is 326 g/mol. The minimum atomic E-state index is -2.19. The number of amides is 2. The molecule has 0 aliphatic heterocycles. The molecule has 1 aromatic rings. The van der Waals surface area contributed by atoms with Crippen LogP contribution in [0.3, 0.4) is 0 Å². The molecule has 1 aliphatic carbocycles. The summed E-state index contributed by atoms with van der Waals surface area (Å²) in [6, 6.07) is 6.58. The number of hydrogen-bond donors (Lipinski definition) is 3. The first-order valence-electron chi connectivity index (χ1n) is 8.11. The number of aliphatic hydroxyl groups excluding tert-OH is 1. The first-order valence-corrected chi connectivity index (χ1v) is 10.4. The predicted octanol–water partition coefficient (Wildman–Crippen LogP) is 2.96. The van der Waals surface area contributed by atoms with Crippen LogP contribution in [0.4, 0.5) is 16.2 Å². The monoisotopic (exact) mass is 353 g/mol. The van der Waals surface area contributed by atoms with Gasteiger partial charge < -0.3 is 15.7 Å². The first-order chi connectivity index (χ1) is 11.1. The summed E-state index contributed by atoms with van der Waals surface area (Å²) in [5.41, 5.74) is 1.09. The molecule has 0 saturated heterocycles. The average molecular weight is 353 g/mol. The molecule has 0 bridgehead atoms. The standard InChI is InChI=1S/C17H27N3O3S/c1-12(2)15(21)17(9-10-17)11-18-16(22)19-13-5-7-14(8-6-13)20-24(3,4)23/h5-8,12,15,21H,9-11H2,1-4H3,(H2,18,19,22). The number of nitrogens with zero attached hydrogens (tertiary/aromatic N) is 1. The molecular formula is C17H27N3O3S. The second kappa shape index (κ2) is 7.11. The lowest BCUT2D eigenvalue weighted by atomic mass is 9.90. The summed E-state index contributed by atoms with van der Waals surface area (Å²) in [6.07, 6.45) is 4.64. The number of benzene rings is 1. The number of aliphatic hydroxyl groups is 1. The topological polar surface area (TPSA) is 90.8 Å². The van der Waals surface area contributed by atoms with Gasteiger partial charge in [0.05, 0.1) is 11.8 Å². The molecule has 2 rings (SSSR count). The maximum Gasteiger partial charge on any atom is 0.319 e. The second-order valence-corrected chi connectivity index (χ2v) is 9.72. The Balaban J connectivity index is 1.88. The molecule has 0 radical (unpaired) electrons. The molecule has 1 saturated carbocycles. The number of hydrogen-bond acceptors (Lipinski definition) is 4. The van der Waals surface area contributed by atoms with Crippen molar-refractivity contribution in [3.63, 3.8) is 0 Å². The minimum absolute atomic E-state index is 0.170. The van der Waals surface area contributed by atoms with Crippen molar-refractivity contribution >= 4 is 27.1 Å². The molecule has 2 amide bonds. The number of carbonyl (C=O) groups is 1. The highest BCUT2D eigenvalue weighted by Gasteiger charge is 2.49. The van der Waals surface area contributed by atoms with Gasteiger partial charge in [0, 0.05) is 39.9 Å². The van der Waals surface area contributed by atoms with E-state index in [2.05, 4.69) is 15.0 Å². The Kier molecular flexibility index (Phi) is 5.55. The lowest BCUT2D eigenvalue weighted by Gasteiger charge is -2.25. The van der Waals surface area contributed by atoms with Gasteiger partial charge in [0.25, 0.3) is 0 Å². The van der Waals surface area contributed by atoms with Crippen molar-refractivity contribution in [1.82, 2.24) is 5.32 Å². The van der Waals surface area contributed by atoms with Crippen LogP contribution in [-0.4, -0.2) is 40.5 Å². The maximum atomic E-state index is 12.0. The number of carbonyl (C=O) groups excluding carboxylic acids is 1. The third kappa shape index (κ3) is 5.21. The molecule has 3 N–H and O–H groups in total. The summed E-state index contributed by atoms with van der Waals surface area (Å²) < 4.78 is 15.7. The second-order valence-electron chi connectivity index (χ2n) is 7.18. The number of rotatable bonds is 6. The Morgan fingerprint density at radius 3 is 2.33 bits per heavy atom. The average Bonchev–Trinajstić information content (AvgIpc) is 3.26. The van der Waals surface area contributed by atoms with Gasteiger partial charge in [-0.3, -0.25) is 0 Å². The minimum Gasteiger partial charge on any atom is -0.392 e. The normalized spacial score (nSPS) is 17.2. The van der Waals surface area contributed by atoms with E-state index in [4.69, 9.17) is 0 Å². The molecule has 0 aromatic heterocycles. The third-order valence-electron chi connectivity index (χ3n) is 4.20. The summed E-state index contributed by atoms with van der Waals surface area (Å²) >= 11 is 0. The fourth-order valence-corrected chi connectivity index (χ4v) is 3.37. The van der Waals surface area contributed by atoms with Gasteiger partial charge in [-0.25, -0.2) is 9.00 Å². The molecule has 0 heterocycles. The van der Waals surface area contributed by atoms with Gasteiger partial charge in [0.1, 0.15) is 0 Å². The summed E-state index contributed by atoms with van der Waals surface area (Å²) in [6.45, 7) is 4.45. The van der Waals surface area contributed by atoms with E-state index in [-0.39, 0.29) is 17.4 Å². The lowest BCUT2D eigenvalue weighted by Crippen LogP contribution is -2.40. The van der Waals surface area contributed by atoms with Crippen molar-refractivity contribution in [2.75, 3.05) is 24.4 Å². The zero-order valence-electron chi connectivity index (χ0n) is 14.7. The van der Waals surface area contributed by atoms with E-state index >= 15 is 0 Å². The Morgan fingerprint density at radius 1 is 1.29 bits per heavy atom. The van der Waals surface area contributed by atoms with E-state index in [1.807, 2.05) is 13.8 Å². The van der Waals surface area contributed by atoms with E-state index in [9.17, 15) is 14.1 Å². The SMILES string of the molecule is CC(C)C(O)C1(CNC(=O)Nc2ccc(N=S(C)(C)=O)cc2)CC1. The summed E-state index contributed by atoms with van der Waals surface area (Å²) in [5.74, 6) is 0.182. The zero-order chi connectivity index (χ0) is 18.0. The van der Waals surface area contributed by atoms with Crippen LogP contribution < -0.4 is 10.6 Å². The van der Waals surface area contributed by atoms with Crippen LogP contribution in [0.2, 0.25) is 0 Å². The van der Waals surface area contributed by atoms with Crippen LogP contribution in [0.25, 0.3) is 0 Å². The van der Waals surface area contributed by atoms with Crippen molar-refractivity contribution in [3.8, 4) is 0 Å². The summed E-state index contributed by atoms with van der Waals surface area (Å²) in [4.78, 5) is 12.0. The van der Waals surface area contributed by atoms with E-state index < -0.39 is 15.8 Å². The molecule has 24 heavy (non-hydrogen) atoms. The zero-order valence-corrected chi connectivity index (χ0v) is 15.5. The third-order valence-corrected chi connectivity index (χ3v) is 4.85. The van der Waals surface area contributed by atoms with Crippen LogP contribution >= 0.6 is 0 Å². The van der Waals surface area contributed by atoms with Gasteiger partial charge in [0.15, 0.2) is 0 Å². The summed E-state index contributed by atoms with van der Waals surface area (Å²) in [7, 11) is -2.19. The van der Waals surface area contributed by atoms with Crippen molar-refractivity contribution in [2.24, 2.45) is 15.7 Å². The lowest BCUT2D eigenvalue weighted by molar-refractivity contribution is 0.0518. The number of nitrogens with one attached hydrogen (secondary N) is 2. The first kappa shape index (κ1) is 18.7. The van der Waals surface area contributed by atoms with E-state index in [1.54, 1.807) is 36.8 Å². The predicted molar refractivity (Wildman–Crippen MR) is 98.1 cm³/mol. The molecule has 1 aliphatic rings. The fourth-order valence-electron chi connectivity index (χ4n) is 2.74. The van der Waals surface area contributed by atoms with E-state index in [0.717, 1.165) is 12.8 Å². The van der Waals surface area contributed by atoms with Crippen molar-refractivity contribution in [3.05, 3.63) is 24.3 Å². The van der Waals surface area contributed by atoms with Gasteiger partial charge in [-0.05, 0) is 43.0 Å². The summed E-state index contributed by atoms with van der Waals surface area (Å²) in [5, 5.41) is 15.8. The molecule has 1 atom stereocenters. The fraction of sp³-hybridized carbons (Fsp3) is 0.588. The molecule has 134 valence electrons. The Bertz CT molecular complexity index is 694. The molecule has 6 nitrogen and oxygen atoms in total. The van der Waals surface area contributed by atoms with E-state index in [0.29, 0.717) is 17.9 Å². The largest absolute Gasteiger partial charge is 0.392 e. The van der Waals surface area contributed by atoms with Gasteiger partial charge >= 0.3 is 6.03 Å². The number of anilines is 1. The maximum absolute atomic E-state index is 12.0. The van der Waals surface area contributed by atoms with Gasteiger partial charge in [0.2, 0.25) is 0 Å². The van der Waals surface area contributed by atoms with Crippen molar-refractivity contribution in [1.29, 1.82) is 0 Å². The quantitative estimate of drug-likeness (QED) is 0.734. The van der Waals surface area contributed by atoms with Crippen LogP contribution in [-0.2, 0) is 9.73 Å². The van der Waals surface area contributed by atoms with Gasteiger partial charge in [-0.15, -0.1) is 0 Å². The van der Waals surface area contributed by atoms with E-state index in [1.165, 1.54) is 0 Å². The van der Waals surface area contributed by atoms with Crippen LogP contribution in [0.5, 0.6) is 0 Å².